The second-order valence-corrected chi connectivity index (χ2v) is 5.18. The first-order chi connectivity index (χ1) is 9.79. The Hall–Kier alpha value is -1.93. The van der Waals surface area contributed by atoms with E-state index in [0.29, 0.717) is 10.2 Å². The van der Waals surface area contributed by atoms with E-state index in [-0.39, 0.29) is 0 Å². The van der Waals surface area contributed by atoms with Gasteiger partial charge in [-0.1, -0.05) is 6.07 Å². The quantitative estimate of drug-likeness (QED) is 0.744. The SMILES string of the molecule is Cc1cc(C)c(NC(=O)NC(=O)COCC(=O)O)c(Br)c1. The molecule has 1 aromatic rings. The van der Waals surface area contributed by atoms with Crippen molar-refractivity contribution in [1.82, 2.24) is 5.32 Å². The Morgan fingerprint density at radius 3 is 2.48 bits per heavy atom. The fourth-order valence-electron chi connectivity index (χ4n) is 1.61. The van der Waals surface area contributed by atoms with Crippen LogP contribution in [0.2, 0.25) is 0 Å². The van der Waals surface area contributed by atoms with Crippen molar-refractivity contribution in [2.24, 2.45) is 0 Å². The highest BCUT2D eigenvalue weighted by Crippen LogP contribution is 2.27. The predicted octanol–water partition coefficient (Wildman–Crippen LogP) is 1.82. The molecular weight excluding hydrogens is 344 g/mol. The van der Waals surface area contributed by atoms with Crippen LogP contribution in [0.15, 0.2) is 16.6 Å². The zero-order chi connectivity index (χ0) is 16.0. The number of carboxylic acids is 1. The van der Waals surface area contributed by atoms with E-state index in [1.807, 2.05) is 31.3 Å². The van der Waals surface area contributed by atoms with Crippen LogP contribution in [0.4, 0.5) is 10.5 Å². The van der Waals surface area contributed by atoms with Gasteiger partial charge in [-0.15, -0.1) is 0 Å². The Labute approximate surface area is 129 Å². The first-order valence-corrected chi connectivity index (χ1v) is 6.76. The molecule has 0 aliphatic rings. The molecule has 0 bridgehead atoms. The normalized spacial score (nSPS) is 10.0. The van der Waals surface area contributed by atoms with E-state index in [1.54, 1.807) is 0 Å². The van der Waals surface area contributed by atoms with Crippen molar-refractivity contribution in [3.05, 3.63) is 27.7 Å². The third-order valence-corrected chi connectivity index (χ3v) is 3.01. The van der Waals surface area contributed by atoms with Crippen molar-refractivity contribution in [3.63, 3.8) is 0 Å². The summed E-state index contributed by atoms with van der Waals surface area (Å²) in [7, 11) is 0. The number of urea groups is 1. The van der Waals surface area contributed by atoms with Crippen LogP contribution in [-0.4, -0.2) is 36.2 Å². The average molecular weight is 359 g/mol. The zero-order valence-electron chi connectivity index (χ0n) is 11.5. The molecule has 0 aliphatic carbocycles. The molecule has 0 aromatic heterocycles. The van der Waals surface area contributed by atoms with E-state index in [9.17, 15) is 14.4 Å². The van der Waals surface area contributed by atoms with Gasteiger partial charge in [-0.3, -0.25) is 10.1 Å². The van der Waals surface area contributed by atoms with Crippen LogP contribution in [0.1, 0.15) is 11.1 Å². The van der Waals surface area contributed by atoms with E-state index in [1.165, 1.54) is 0 Å². The summed E-state index contributed by atoms with van der Waals surface area (Å²) < 4.78 is 5.27. The zero-order valence-corrected chi connectivity index (χ0v) is 13.1. The number of carboxylic acid groups (broad SMARTS) is 1. The lowest BCUT2D eigenvalue weighted by Gasteiger charge is -2.12. The number of carbonyl (C=O) groups is 3. The standard InChI is InChI=1S/C13H15BrN2O5/c1-7-3-8(2)12(9(14)4-7)16-13(20)15-10(17)5-21-6-11(18)19/h3-4H,5-6H2,1-2H3,(H,18,19)(H2,15,16,17,20). The van der Waals surface area contributed by atoms with Crippen molar-refractivity contribution >= 4 is 39.5 Å². The number of ether oxygens (including phenoxy) is 1. The monoisotopic (exact) mass is 358 g/mol. The van der Waals surface area contributed by atoms with Crippen LogP contribution in [0.3, 0.4) is 0 Å². The minimum atomic E-state index is -1.19. The molecule has 3 amide bonds. The van der Waals surface area contributed by atoms with E-state index in [2.05, 4.69) is 26.0 Å². The van der Waals surface area contributed by atoms with Crippen LogP contribution in [-0.2, 0) is 14.3 Å². The van der Waals surface area contributed by atoms with Gasteiger partial charge in [0.05, 0.1) is 5.69 Å². The molecule has 1 rings (SSSR count). The molecule has 3 N–H and O–H groups in total. The minimum Gasteiger partial charge on any atom is -0.480 e. The molecule has 0 heterocycles. The van der Waals surface area contributed by atoms with E-state index in [4.69, 9.17) is 5.11 Å². The first kappa shape index (κ1) is 17.1. The van der Waals surface area contributed by atoms with Crippen LogP contribution in [0.25, 0.3) is 0 Å². The summed E-state index contributed by atoms with van der Waals surface area (Å²) in [6.45, 7) is 2.64. The molecule has 0 atom stereocenters. The molecule has 8 heteroatoms. The average Bonchev–Trinajstić information content (AvgIpc) is 2.33. The maximum atomic E-state index is 11.7. The topological polar surface area (TPSA) is 105 Å². The predicted molar refractivity (Wildman–Crippen MR) is 79.2 cm³/mol. The Morgan fingerprint density at radius 1 is 1.24 bits per heavy atom. The molecule has 114 valence electrons. The van der Waals surface area contributed by atoms with Gasteiger partial charge in [-0.2, -0.15) is 0 Å². The van der Waals surface area contributed by atoms with E-state index < -0.39 is 31.1 Å². The number of anilines is 1. The Kier molecular flexibility index (Phi) is 6.32. The third-order valence-electron chi connectivity index (χ3n) is 2.38. The summed E-state index contributed by atoms with van der Waals surface area (Å²) in [6.07, 6.45) is 0. The van der Waals surface area contributed by atoms with Crippen molar-refractivity contribution in [1.29, 1.82) is 0 Å². The molecule has 21 heavy (non-hydrogen) atoms. The minimum absolute atomic E-state index is 0.506. The van der Waals surface area contributed by atoms with Crippen molar-refractivity contribution in [3.8, 4) is 0 Å². The maximum absolute atomic E-state index is 11.7. The largest absolute Gasteiger partial charge is 0.480 e. The third kappa shape index (κ3) is 5.92. The Bertz CT molecular complexity index is 551. The number of aryl methyl sites for hydroxylation is 2. The van der Waals surface area contributed by atoms with Gasteiger partial charge in [0, 0.05) is 4.47 Å². The summed E-state index contributed by atoms with van der Waals surface area (Å²) in [4.78, 5) is 33.2. The molecule has 0 saturated carbocycles. The lowest BCUT2D eigenvalue weighted by molar-refractivity contribution is -0.143. The molecule has 1 aromatic carbocycles. The fourth-order valence-corrected chi connectivity index (χ4v) is 2.39. The maximum Gasteiger partial charge on any atom is 0.329 e. The second kappa shape index (κ2) is 7.75. The van der Waals surface area contributed by atoms with Crippen molar-refractivity contribution in [2.75, 3.05) is 18.5 Å². The Balaban J connectivity index is 2.54. The van der Waals surface area contributed by atoms with Gasteiger partial charge in [-0.05, 0) is 47.0 Å². The summed E-state index contributed by atoms with van der Waals surface area (Å²) in [6, 6.07) is 3.00. The fraction of sp³-hybridized carbons (Fsp3) is 0.308. The summed E-state index contributed by atoms with van der Waals surface area (Å²) in [5.74, 6) is -1.92. The number of nitrogens with one attached hydrogen (secondary N) is 2. The van der Waals surface area contributed by atoms with Gasteiger partial charge in [0.25, 0.3) is 5.91 Å². The molecule has 0 fully saturated rings. The number of imide groups is 1. The van der Waals surface area contributed by atoms with Gasteiger partial charge in [0.15, 0.2) is 0 Å². The highest BCUT2D eigenvalue weighted by Gasteiger charge is 2.12. The van der Waals surface area contributed by atoms with Crippen LogP contribution < -0.4 is 10.6 Å². The molecule has 7 nitrogen and oxygen atoms in total. The number of benzene rings is 1. The van der Waals surface area contributed by atoms with Crippen molar-refractivity contribution in [2.45, 2.75) is 13.8 Å². The van der Waals surface area contributed by atoms with Gasteiger partial charge in [0.1, 0.15) is 13.2 Å². The van der Waals surface area contributed by atoms with Gasteiger partial charge in [0.2, 0.25) is 0 Å². The van der Waals surface area contributed by atoms with Crippen molar-refractivity contribution < 1.29 is 24.2 Å². The number of rotatable bonds is 5. The molecule has 0 radical (unpaired) electrons. The summed E-state index contributed by atoms with van der Waals surface area (Å²) >= 11 is 3.33. The van der Waals surface area contributed by atoms with E-state index in [0.717, 1.165) is 11.1 Å². The molecule has 0 unspecified atom stereocenters. The van der Waals surface area contributed by atoms with Gasteiger partial charge in [-0.25, -0.2) is 9.59 Å². The first-order valence-electron chi connectivity index (χ1n) is 5.96. The van der Waals surface area contributed by atoms with Crippen LogP contribution in [0.5, 0.6) is 0 Å². The number of hydrogen-bond acceptors (Lipinski definition) is 4. The number of hydrogen-bond donors (Lipinski definition) is 3. The molecule has 0 saturated heterocycles. The number of halogens is 1. The van der Waals surface area contributed by atoms with Crippen LogP contribution >= 0.6 is 15.9 Å². The summed E-state index contributed by atoms with van der Waals surface area (Å²) in [5, 5.41) is 12.9. The number of amides is 3. The highest BCUT2D eigenvalue weighted by molar-refractivity contribution is 9.10. The van der Waals surface area contributed by atoms with Gasteiger partial charge >= 0.3 is 12.0 Å². The lowest BCUT2D eigenvalue weighted by atomic mass is 10.1. The van der Waals surface area contributed by atoms with E-state index >= 15 is 0 Å². The number of carbonyl (C=O) groups excluding carboxylic acids is 2. The second-order valence-electron chi connectivity index (χ2n) is 4.33. The molecular formula is C13H15BrN2O5. The summed E-state index contributed by atoms with van der Waals surface area (Å²) in [5.41, 5.74) is 2.42. The lowest BCUT2D eigenvalue weighted by Crippen LogP contribution is -2.37. The Morgan fingerprint density at radius 2 is 1.90 bits per heavy atom. The van der Waals surface area contributed by atoms with Gasteiger partial charge < -0.3 is 15.2 Å². The number of aliphatic carboxylic acids is 1. The molecule has 0 aliphatic heterocycles. The highest BCUT2D eigenvalue weighted by atomic mass is 79.9. The molecule has 0 spiro atoms. The van der Waals surface area contributed by atoms with Crippen LogP contribution in [0, 0.1) is 13.8 Å². The smallest absolute Gasteiger partial charge is 0.329 e.